The summed E-state index contributed by atoms with van der Waals surface area (Å²) < 4.78 is 14.5. The van der Waals surface area contributed by atoms with E-state index in [2.05, 4.69) is 4.74 Å². The SMILES string of the molecule is COC1=C(C(=O)c2ccco2)C(=O)OC1. The molecule has 5 heteroatoms. The molecule has 2 heterocycles. The lowest BCUT2D eigenvalue weighted by Crippen LogP contribution is -2.11. The molecule has 0 fully saturated rings. The Morgan fingerprint density at radius 1 is 1.53 bits per heavy atom. The van der Waals surface area contributed by atoms with Crippen molar-refractivity contribution in [1.29, 1.82) is 0 Å². The molecule has 15 heavy (non-hydrogen) atoms. The predicted molar refractivity (Wildman–Crippen MR) is 48.0 cm³/mol. The highest BCUT2D eigenvalue weighted by Crippen LogP contribution is 2.20. The van der Waals surface area contributed by atoms with Crippen LogP contribution < -0.4 is 0 Å². The van der Waals surface area contributed by atoms with E-state index in [0.29, 0.717) is 0 Å². The Morgan fingerprint density at radius 2 is 2.33 bits per heavy atom. The van der Waals surface area contributed by atoms with E-state index in [4.69, 9.17) is 9.15 Å². The number of ketones is 1. The molecule has 0 aromatic carbocycles. The molecule has 0 unspecified atom stereocenters. The molecule has 1 aromatic rings. The van der Waals surface area contributed by atoms with Gasteiger partial charge in [0.05, 0.1) is 13.4 Å². The molecule has 78 valence electrons. The lowest BCUT2D eigenvalue weighted by molar-refractivity contribution is -0.135. The van der Waals surface area contributed by atoms with Crippen molar-refractivity contribution in [1.82, 2.24) is 0 Å². The maximum absolute atomic E-state index is 11.8. The van der Waals surface area contributed by atoms with Gasteiger partial charge in [0, 0.05) is 0 Å². The van der Waals surface area contributed by atoms with Crippen LogP contribution in [-0.4, -0.2) is 25.5 Å². The zero-order valence-corrected chi connectivity index (χ0v) is 7.98. The summed E-state index contributed by atoms with van der Waals surface area (Å²) in [6.45, 7) is -0.00286. The molecular weight excluding hydrogens is 200 g/mol. The van der Waals surface area contributed by atoms with Gasteiger partial charge in [0.15, 0.2) is 17.1 Å². The minimum atomic E-state index is -0.673. The number of rotatable bonds is 3. The van der Waals surface area contributed by atoms with Gasteiger partial charge in [-0.3, -0.25) is 4.79 Å². The van der Waals surface area contributed by atoms with Crippen molar-refractivity contribution in [2.24, 2.45) is 0 Å². The largest absolute Gasteiger partial charge is 0.496 e. The van der Waals surface area contributed by atoms with Gasteiger partial charge in [-0.25, -0.2) is 4.79 Å². The monoisotopic (exact) mass is 208 g/mol. The summed E-state index contributed by atoms with van der Waals surface area (Å²) in [6.07, 6.45) is 1.36. The Hall–Kier alpha value is -2.04. The van der Waals surface area contributed by atoms with Crippen molar-refractivity contribution in [3.05, 3.63) is 35.5 Å². The van der Waals surface area contributed by atoms with Crippen LogP contribution in [0.3, 0.4) is 0 Å². The molecule has 0 saturated heterocycles. The molecular formula is C10H8O5. The van der Waals surface area contributed by atoms with Gasteiger partial charge in [-0.1, -0.05) is 0 Å². The summed E-state index contributed by atoms with van der Waals surface area (Å²) in [7, 11) is 1.38. The normalized spacial score (nSPS) is 15.4. The zero-order valence-electron chi connectivity index (χ0n) is 7.98. The van der Waals surface area contributed by atoms with Gasteiger partial charge in [0.2, 0.25) is 5.78 Å². The number of Topliss-reactive ketones (excluding diaryl/α,β-unsaturated/α-hetero) is 1. The smallest absolute Gasteiger partial charge is 0.346 e. The van der Waals surface area contributed by atoms with E-state index in [-0.39, 0.29) is 23.7 Å². The molecule has 0 amide bonds. The van der Waals surface area contributed by atoms with Crippen molar-refractivity contribution in [2.75, 3.05) is 13.7 Å². The van der Waals surface area contributed by atoms with Crippen LogP contribution in [-0.2, 0) is 14.3 Å². The second-order valence-corrected chi connectivity index (χ2v) is 2.88. The van der Waals surface area contributed by atoms with Crippen molar-refractivity contribution >= 4 is 11.8 Å². The lowest BCUT2D eigenvalue weighted by atomic mass is 10.1. The van der Waals surface area contributed by atoms with Gasteiger partial charge in [-0.2, -0.15) is 0 Å². The van der Waals surface area contributed by atoms with Crippen LogP contribution in [0, 0.1) is 0 Å². The molecule has 0 saturated carbocycles. The molecule has 0 spiro atoms. The standard InChI is InChI=1S/C10H8O5/c1-13-7-5-15-10(12)8(7)9(11)6-3-2-4-14-6/h2-4H,5H2,1H3. The fraction of sp³-hybridized carbons (Fsp3) is 0.200. The number of furan rings is 1. The first-order valence-corrected chi connectivity index (χ1v) is 4.26. The van der Waals surface area contributed by atoms with E-state index in [1.807, 2.05) is 0 Å². The molecule has 2 rings (SSSR count). The number of cyclic esters (lactones) is 1. The summed E-state index contributed by atoms with van der Waals surface area (Å²) >= 11 is 0. The first-order valence-electron chi connectivity index (χ1n) is 4.26. The van der Waals surface area contributed by atoms with Gasteiger partial charge in [0.25, 0.3) is 0 Å². The molecule has 0 radical (unpaired) electrons. The third-order valence-electron chi connectivity index (χ3n) is 2.04. The lowest BCUT2D eigenvalue weighted by Gasteiger charge is -1.98. The van der Waals surface area contributed by atoms with Crippen LogP contribution in [0.1, 0.15) is 10.6 Å². The molecule has 1 aliphatic heterocycles. The summed E-state index contributed by atoms with van der Waals surface area (Å²) in [4.78, 5) is 23.0. The zero-order chi connectivity index (χ0) is 10.8. The fourth-order valence-corrected chi connectivity index (χ4v) is 1.30. The number of esters is 1. The Kier molecular flexibility index (Phi) is 2.29. The third-order valence-corrected chi connectivity index (χ3v) is 2.04. The Labute approximate surface area is 85.3 Å². The van der Waals surface area contributed by atoms with Crippen LogP contribution in [0.4, 0.5) is 0 Å². The topological polar surface area (TPSA) is 65.7 Å². The Balaban J connectivity index is 2.38. The van der Waals surface area contributed by atoms with Gasteiger partial charge >= 0.3 is 5.97 Å². The summed E-state index contributed by atoms with van der Waals surface area (Å²) in [6, 6.07) is 3.05. The van der Waals surface area contributed by atoms with E-state index in [1.54, 1.807) is 6.07 Å². The van der Waals surface area contributed by atoms with Gasteiger partial charge in [0.1, 0.15) is 6.61 Å². The van der Waals surface area contributed by atoms with Gasteiger partial charge in [-0.15, -0.1) is 0 Å². The highest BCUT2D eigenvalue weighted by molar-refractivity contribution is 6.24. The molecule has 0 aliphatic carbocycles. The van der Waals surface area contributed by atoms with Crippen LogP contribution in [0.25, 0.3) is 0 Å². The number of hydrogen-bond acceptors (Lipinski definition) is 5. The predicted octanol–water partition coefficient (Wildman–Crippen LogP) is 0.920. The molecule has 0 bridgehead atoms. The quantitative estimate of drug-likeness (QED) is 0.419. The van der Waals surface area contributed by atoms with E-state index in [1.165, 1.54) is 19.4 Å². The number of methoxy groups -OCH3 is 1. The first kappa shape index (κ1) is 9.51. The van der Waals surface area contributed by atoms with Crippen LogP contribution in [0.2, 0.25) is 0 Å². The maximum atomic E-state index is 11.8. The van der Waals surface area contributed by atoms with Crippen molar-refractivity contribution < 1.29 is 23.5 Å². The van der Waals surface area contributed by atoms with Crippen LogP contribution in [0.15, 0.2) is 34.1 Å². The second-order valence-electron chi connectivity index (χ2n) is 2.88. The Morgan fingerprint density at radius 3 is 2.93 bits per heavy atom. The summed E-state index contributed by atoms with van der Waals surface area (Å²) in [5, 5.41) is 0. The average Bonchev–Trinajstić information content (AvgIpc) is 2.85. The Bertz CT molecular complexity index is 427. The average molecular weight is 208 g/mol. The van der Waals surface area contributed by atoms with Crippen molar-refractivity contribution in [2.45, 2.75) is 0 Å². The van der Waals surface area contributed by atoms with E-state index >= 15 is 0 Å². The summed E-state index contributed by atoms with van der Waals surface area (Å²) in [5.41, 5.74) is -0.0903. The van der Waals surface area contributed by atoms with E-state index < -0.39 is 11.8 Å². The highest BCUT2D eigenvalue weighted by atomic mass is 16.6. The van der Waals surface area contributed by atoms with Gasteiger partial charge < -0.3 is 13.9 Å². The van der Waals surface area contributed by atoms with Crippen molar-refractivity contribution in [3.8, 4) is 0 Å². The van der Waals surface area contributed by atoms with Crippen LogP contribution >= 0.6 is 0 Å². The van der Waals surface area contributed by atoms with Gasteiger partial charge in [-0.05, 0) is 12.1 Å². The minimum absolute atomic E-state index is 0.00286. The molecule has 5 nitrogen and oxygen atoms in total. The maximum Gasteiger partial charge on any atom is 0.346 e. The molecule has 0 N–H and O–H groups in total. The molecule has 0 atom stereocenters. The van der Waals surface area contributed by atoms with Crippen LogP contribution in [0.5, 0.6) is 0 Å². The first-order chi connectivity index (χ1) is 7.24. The number of ether oxygens (including phenoxy) is 2. The number of carbonyl (C=O) groups excluding carboxylic acids is 2. The molecule has 1 aliphatic rings. The van der Waals surface area contributed by atoms with E-state index in [9.17, 15) is 9.59 Å². The number of carbonyl (C=O) groups is 2. The fourth-order valence-electron chi connectivity index (χ4n) is 1.30. The second kappa shape index (κ2) is 3.61. The van der Waals surface area contributed by atoms with E-state index in [0.717, 1.165) is 0 Å². The van der Waals surface area contributed by atoms with Crippen molar-refractivity contribution in [3.63, 3.8) is 0 Å². The molecule has 1 aromatic heterocycles. The minimum Gasteiger partial charge on any atom is -0.496 e. The third kappa shape index (κ3) is 1.52. The summed E-state index contributed by atoms with van der Waals surface area (Å²) in [5.74, 6) is -0.854. The highest BCUT2D eigenvalue weighted by Gasteiger charge is 2.33. The number of hydrogen-bond donors (Lipinski definition) is 0.